The van der Waals surface area contributed by atoms with Gasteiger partial charge >= 0.3 is 0 Å². The molecule has 2 fully saturated rings. The van der Waals surface area contributed by atoms with Crippen molar-refractivity contribution in [3.63, 3.8) is 0 Å². The third-order valence-corrected chi connectivity index (χ3v) is 8.27. The lowest BCUT2D eigenvalue weighted by molar-refractivity contribution is -0.130. The molecule has 1 aromatic carbocycles. The third-order valence-electron chi connectivity index (χ3n) is 8.27. The Balaban J connectivity index is 0.000000436. The summed E-state index contributed by atoms with van der Waals surface area (Å²) in [5, 5.41) is 0. The van der Waals surface area contributed by atoms with Crippen LogP contribution >= 0.6 is 0 Å². The maximum Gasteiger partial charge on any atom is 0.219 e. The molecule has 2 heterocycles. The van der Waals surface area contributed by atoms with Crippen LogP contribution in [0.1, 0.15) is 104 Å². The van der Waals surface area contributed by atoms with Crippen molar-refractivity contribution in [2.75, 3.05) is 33.2 Å². The van der Waals surface area contributed by atoms with E-state index in [1.807, 2.05) is 32.6 Å². The summed E-state index contributed by atoms with van der Waals surface area (Å²) < 4.78 is 0. The monoisotopic (exact) mass is 551 g/mol. The van der Waals surface area contributed by atoms with Crippen LogP contribution in [0.2, 0.25) is 0 Å². The number of hydrogen-bond acceptors (Lipinski definition) is 5. The van der Waals surface area contributed by atoms with E-state index in [9.17, 15) is 9.59 Å². The molecule has 7 nitrogen and oxygen atoms in total. The minimum Gasteiger partial charge on any atom is -0.342 e. The molecule has 0 spiro atoms. The lowest BCUT2D eigenvalue weighted by atomic mass is 9.82. The molecule has 7 heteroatoms. The second-order valence-electron chi connectivity index (χ2n) is 10.8. The largest absolute Gasteiger partial charge is 0.342 e. The van der Waals surface area contributed by atoms with Crippen molar-refractivity contribution in [1.29, 1.82) is 0 Å². The highest BCUT2D eigenvalue weighted by molar-refractivity contribution is 6.13. The zero-order valence-electron chi connectivity index (χ0n) is 26.1. The molecule has 4 rings (SSSR count). The highest BCUT2D eigenvalue weighted by atomic mass is 16.2. The number of rotatable bonds is 6. The van der Waals surface area contributed by atoms with Crippen molar-refractivity contribution >= 4 is 28.9 Å². The fourth-order valence-electron chi connectivity index (χ4n) is 5.57. The molecule has 40 heavy (non-hydrogen) atoms. The van der Waals surface area contributed by atoms with Crippen LogP contribution in [0.3, 0.4) is 0 Å². The molecule has 1 aliphatic heterocycles. The van der Waals surface area contributed by atoms with Gasteiger partial charge in [-0.3, -0.25) is 19.5 Å². The Morgan fingerprint density at radius 2 is 1.70 bits per heavy atom. The van der Waals surface area contributed by atoms with Crippen molar-refractivity contribution in [2.24, 2.45) is 10.9 Å². The van der Waals surface area contributed by atoms with Crippen molar-refractivity contribution in [1.82, 2.24) is 19.8 Å². The summed E-state index contributed by atoms with van der Waals surface area (Å²) in [6.45, 7) is 16.2. The van der Waals surface area contributed by atoms with E-state index in [0.717, 1.165) is 67.5 Å². The Morgan fingerprint density at radius 3 is 2.23 bits per heavy atom. The number of H-pyrrole nitrogens is 1. The Labute approximate surface area is 242 Å². The summed E-state index contributed by atoms with van der Waals surface area (Å²) in [6.07, 6.45) is 12.2. The van der Waals surface area contributed by atoms with Gasteiger partial charge in [0, 0.05) is 63.9 Å². The number of aldehydes is 1. The van der Waals surface area contributed by atoms with Gasteiger partial charge < -0.3 is 9.88 Å². The second-order valence-corrected chi connectivity index (χ2v) is 10.8. The Morgan fingerprint density at radius 1 is 1.07 bits per heavy atom. The van der Waals surface area contributed by atoms with Crippen molar-refractivity contribution < 1.29 is 9.59 Å². The first-order valence-electron chi connectivity index (χ1n) is 15.4. The van der Waals surface area contributed by atoms with Crippen molar-refractivity contribution in [3.8, 4) is 0 Å². The molecule has 1 saturated carbocycles. The molecule has 1 saturated heterocycles. The van der Waals surface area contributed by atoms with Gasteiger partial charge in [0.25, 0.3) is 0 Å². The number of aliphatic imine (C=N–C) groups is 1. The fraction of sp³-hybridized carbons (Fsp3) is 0.636. The molecule has 0 radical (unpaired) electrons. The van der Waals surface area contributed by atoms with E-state index in [1.165, 1.54) is 50.5 Å². The smallest absolute Gasteiger partial charge is 0.219 e. The van der Waals surface area contributed by atoms with Crippen LogP contribution in [0.25, 0.3) is 11.0 Å². The first kappa shape index (κ1) is 33.4. The predicted molar refractivity (Wildman–Crippen MR) is 168 cm³/mol. The number of hydrogen-bond donors (Lipinski definition) is 1. The van der Waals surface area contributed by atoms with E-state index in [1.54, 1.807) is 20.0 Å². The molecular weight excluding hydrogens is 498 g/mol. The minimum atomic E-state index is 0.189. The molecule has 2 aromatic rings. The maximum atomic E-state index is 11.5. The predicted octanol–water partition coefficient (Wildman–Crippen LogP) is 6.94. The number of nitrogens with one attached hydrogen (secondary N) is 1. The lowest BCUT2D eigenvalue weighted by Crippen LogP contribution is -2.47. The van der Waals surface area contributed by atoms with Crippen LogP contribution in [0.5, 0.6) is 0 Å². The van der Waals surface area contributed by atoms with Crippen LogP contribution in [0, 0.1) is 5.92 Å². The topological polar surface area (TPSA) is 81.7 Å². The zero-order valence-corrected chi connectivity index (χ0v) is 26.1. The van der Waals surface area contributed by atoms with Gasteiger partial charge in [0.15, 0.2) is 6.29 Å². The normalized spacial score (nSPS) is 18.5. The van der Waals surface area contributed by atoms with E-state index in [2.05, 4.69) is 40.0 Å². The average Bonchev–Trinajstić information content (AvgIpc) is 3.38. The Hall–Kier alpha value is -2.80. The van der Waals surface area contributed by atoms with Crippen LogP contribution in [0.4, 0.5) is 0 Å². The first-order valence-corrected chi connectivity index (χ1v) is 15.4. The van der Waals surface area contributed by atoms with E-state index >= 15 is 0 Å². The fourth-order valence-corrected chi connectivity index (χ4v) is 5.57. The van der Waals surface area contributed by atoms with Gasteiger partial charge in [-0.05, 0) is 50.3 Å². The highest BCUT2D eigenvalue weighted by Gasteiger charge is 2.23. The number of benzene rings is 1. The van der Waals surface area contributed by atoms with Gasteiger partial charge in [0.1, 0.15) is 5.82 Å². The molecule has 1 amide bonds. The minimum absolute atomic E-state index is 0.189. The number of aromatic nitrogens is 2. The van der Waals surface area contributed by atoms with Gasteiger partial charge in [-0.15, -0.1) is 0 Å². The molecule has 1 unspecified atom stereocenters. The summed E-state index contributed by atoms with van der Waals surface area (Å²) in [4.78, 5) is 38.5. The van der Waals surface area contributed by atoms with Gasteiger partial charge in [-0.2, -0.15) is 0 Å². The SMILES string of the molecule is C/C=C(/C=O)C(C)=NC.CC.CC(=O)N1CCN(Cc2ccc3nc(C(C)C4CCCCCCC4)[nH]c3c2)CC1. The first-order chi connectivity index (χ1) is 19.4. The van der Waals surface area contributed by atoms with E-state index in [0.29, 0.717) is 11.5 Å². The van der Waals surface area contributed by atoms with E-state index < -0.39 is 0 Å². The van der Waals surface area contributed by atoms with Gasteiger partial charge in [0.2, 0.25) is 5.91 Å². The number of piperazine rings is 1. The summed E-state index contributed by atoms with van der Waals surface area (Å²) in [7, 11) is 1.67. The third kappa shape index (κ3) is 9.99. The van der Waals surface area contributed by atoms with Crippen LogP contribution in [-0.2, 0) is 16.1 Å². The lowest BCUT2D eigenvalue weighted by Gasteiger charge is -2.34. The number of nitrogens with zero attached hydrogens (tertiary/aromatic N) is 4. The quantitative estimate of drug-likeness (QED) is 0.240. The zero-order chi connectivity index (χ0) is 29.5. The molecule has 222 valence electrons. The summed E-state index contributed by atoms with van der Waals surface area (Å²) in [5.41, 5.74) is 5.02. The highest BCUT2D eigenvalue weighted by Crippen LogP contribution is 2.34. The summed E-state index contributed by atoms with van der Waals surface area (Å²) in [5.74, 6) is 2.61. The van der Waals surface area contributed by atoms with Crippen LogP contribution in [-0.4, -0.2) is 70.9 Å². The van der Waals surface area contributed by atoms with Crippen molar-refractivity contribution in [2.45, 2.75) is 99.0 Å². The number of carbonyl (C=O) groups is 2. The van der Waals surface area contributed by atoms with Gasteiger partial charge in [-0.1, -0.05) is 65.0 Å². The molecule has 1 N–H and O–H groups in total. The Bertz CT molecular complexity index is 1100. The number of imidazole rings is 1. The van der Waals surface area contributed by atoms with Crippen molar-refractivity contribution in [3.05, 3.63) is 41.2 Å². The number of allylic oxidation sites excluding steroid dienone is 2. The Kier molecular flexibility index (Phi) is 14.9. The standard InChI is InChI=1S/C24H36N4O.C7H11NO.C2H6/c1-18(21-8-6-4-3-5-7-9-21)24-25-22-11-10-20(16-23(22)26-24)17-27-12-14-28(15-13-27)19(2)29;1-4-7(5-9)6(2)8-3;1-2/h10-11,16,18,21H,3-9,12-15,17H2,1-2H3,(H,25,26);4-5H,1-3H3;1-2H3/b;7-4-,8-6?;. The van der Waals surface area contributed by atoms with Gasteiger partial charge in [-0.25, -0.2) is 4.98 Å². The molecule has 1 atom stereocenters. The number of carbonyl (C=O) groups excluding carboxylic acids is 2. The van der Waals surface area contributed by atoms with E-state index in [4.69, 9.17) is 4.98 Å². The summed E-state index contributed by atoms with van der Waals surface area (Å²) in [6, 6.07) is 6.65. The maximum absolute atomic E-state index is 11.5. The number of aromatic amines is 1. The number of amides is 1. The summed E-state index contributed by atoms with van der Waals surface area (Å²) >= 11 is 0. The van der Waals surface area contributed by atoms with E-state index in [-0.39, 0.29) is 5.91 Å². The molecule has 1 aliphatic carbocycles. The van der Waals surface area contributed by atoms with Crippen LogP contribution in [0.15, 0.2) is 34.8 Å². The number of fused-ring (bicyclic) bond motifs is 1. The molecular formula is C33H53N5O2. The average molecular weight is 552 g/mol. The molecule has 2 aliphatic rings. The van der Waals surface area contributed by atoms with Crippen LogP contribution < -0.4 is 0 Å². The molecule has 1 aromatic heterocycles. The molecule has 0 bridgehead atoms. The van der Waals surface area contributed by atoms with Gasteiger partial charge in [0.05, 0.1) is 11.0 Å². The second kappa shape index (κ2) is 17.8.